The second-order valence-electron chi connectivity index (χ2n) is 4.40. The number of hydrogen-bond donors (Lipinski definition) is 1. The van der Waals surface area contributed by atoms with Crippen LogP contribution in [-0.4, -0.2) is 17.0 Å². The van der Waals surface area contributed by atoms with Gasteiger partial charge >= 0.3 is 0 Å². The maximum atomic E-state index is 11.0. The zero-order valence-electron chi connectivity index (χ0n) is 9.37. The molecular weight excluding hydrogens is 164 g/mol. The number of ketones is 1. The molecule has 0 aromatic heterocycles. The summed E-state index contributed by atoms with van der Waals surface area (Å²) in [6.45, 7) is 9.52. The standard InChI is InChI=1S/C11H22O2/c1-7(2)11(10(5)13)6-8(3)9(4)12/h7-8,10-11,13H,6H2,1-5H3. The highest BCUT2D eigenvalue weighted by atomic mass is 16.3. The van der Waals surface area contributed by atoms with Gasteiger partial charge in [-0.15, -0.1) is 0 Å². The molecule has 78 valence electrons. The number of rotatable bonds is 5. The van der Waals surface area contributed by atoms with Gasteiger partial charge in [0, 0.05) is 5.92 Å². The molecule has 0 aromatic carbocycles. The average molecular weight is 186 g/mol. The first-order valence-corrected chi connectivity index (χ1v) is 5.04. The van der Waals surface area contributed by atoms with Gasteiger partial charge in [-0.1, -0.05) is 20.8 Å². The molecule has 3 unspecified atom stereocenters. The number of aliphatic hydroxyl groups is 1. The van der Waals surface area contributed by atoms with E-state index in [9.17, 15) is 9.90 Å². The van der Waals surface area contributed by atoms with Crippen LogP contribution in [0.2, 0.25) is 0 Å². The zero-order valence-corrected chi connectivity index (χ0v) is 9.37. The molecule has 0 fully saturated rings. The van der Waals surface area contributed by atoms with Gasteiger partial charge in [-0.05, 0) is 32.1 Å². The second kappa shape index (κ2) is 5.38. The van der Waals surface area contributed by atoms with Crippen molar-refractivity contribution in [2.24, 2.45) is 17.8 Å². The molecule has 13 heavy (non-hydrogen) atoms. The third kappa shape index (κ3) is 4.41. The Morgan fingerprint density at radius 2 is 1.69 bits per heavy atom. The Bertz CT molecular complexity index is 153. The van der Waals surface area contributed by atoms with Crippen LogP contribution in [-0.2, 0) is 4.79 Å². The van der Waals surface area contributed by atoms with Crippen LogP contribution in [0.4, 0.5) is 0 Å². The minimum absolute atomic E-state index is 0.0713. The number of carbonyl (C=O) groups excluding carboxylic acids is 1. The van der Waals surface area contributed by atoms with Gasteiger partial charge in [-0.2, -0.15) is 0 Å². The molecule has 0 aliphatic rings. The molecule has 0 amide bonds. The Kier molecular flexibility index (Phi) is 5.23. The van der Waals surface area contributed by atoms with E-state index in [1.54, 1.807) is 13.8 Å². The minimum atomic E-state index is -0.318. The summed E-state index contributed by atoms with van der Waals surface area (Å²) in [6, 6.07) is 0. The van der Waals surface area contributed by atoms with E-state index in [4.69, 9.17) is 0 Å². The van der Waals surface area contributed by atoms with Crippen LogP contribution in [0.15, 0.2) is 0 Å². The molecular formula is C11H22O2. The largest absolute Gasteiger partial charge is 0.393 e. The van der Waals surface area contributed by atoms with Crippen LogP contribution in [0, 0.1) is 17.8 Å². The van der Waals surface area contributed by atoms with E-state index in [-0.39, 0.29) is 23.7 Å². The number of hydrogen-bond acceptors (Lipinski definition) is 2. The Balaban J connectivity index is 4.18. The van der Waals surface area contributed by atoms with E-state index < -0.39 is 0 Å². The predicted octanol–water partition coefficient (Wildman–Crippen LogP) is 2.25. The molecule has 0 heterocycles. The lowest BCUT2D eigenvalue weighted by atomic mass is 9.82. The maximum Gasteiger partial charge on any atom is 0.132 e. The zero-order chi connectivity index (χ0) is 10.6. The SMILES string of the molecule is CC(=O)C(C)CC(C(C)C)C(C)O. The quantitative estimate of drug-likeness (QED) is 0.715. The smallest absolute Gasteiger partial charge is 0.132 e. The average Bonchev–Trinajstić information content (AvgIpc) is 1.97. The third-order valence-corrected chi connectivity index (χ3v) is 2.80. The summed E-state index contributed by atoms with van der Waals surface area (Å²) >= 11 is 0. The van der Waals surface area contributed by atoms with E-state index in [1.165, 1.54) is 0 Å². The van der Waals surface area contributed by atoms with Gasteiger partial charge in [0.05, 0.1) is 6.10 Å². The second-order valence-corrected chi connectivity index (χ2v) is 4.40. The van der Waals surface area contributed by atoms with Crippen molar-refractivity contribution < 1.29 is 9.90 Å². The van der Waals surface area contributed by atoms with Crippen LogP contribution in [0.1, 0.15) is 41.0 Å². The molecule has 0 rings (SSSR count). The van der Waals surface area contributed by atoms with Crippen LogP contribution >= 0.6 is 0 Å². The first-order valence-electron chi connectivity index (χ1n) is 5.04. The predicted molar refractivity (Wildman–Crippen MR) is 54.5 cm³/mol. The summed E-state index contributed by atoms with van der Waals surface area (Å²) in [5.41, 5.74) is 0. The summed E-state index contributed by atoms with van der Waals surface area (Å²) in [7, 11) is 0. The Labute approximate surface area is 81.3 Å². The van der Waals surface area contributed by atoms with E-state index in [1.807, 2.05) is 6.92 Å². The van der Waals surface area contributed by atoms with Gasteiger partial charge in [0.25, 0.3) is 0 Å². The van der Waals surface area contributed by atoms with Crippen molar-refractivity contribution in [3.05, 3.63) is 0 Å². The molecule has 1 N–H and O–H groups in total. The molecule has 2 heteroatoms. The molecule has 0 saturated heterocycles. The summed E-state index contributed by atoms with van der Waals surface area (Å²) in [5, 5.41) is 9.50. The van der Waals surface area contributed by atoms with Crippen molar-refractivity contribution >= 4 is 5.78 Å². The summed E-state index contributed by atoms with van der Waals surface area (Å²) in [5.74, 6) is 0.953. The number of Topliss-reactive ketones (excluding diaryl/α,β-unsaturated/α-hetero) is 1. The highest BCUT2D eigenvalue weighted by Gasteiger charge is 2.22. The Hall–Kier alpha value is -0.370. The van der Waals surface area contributed by atoms with Crippen molar-refractivity contribution in [3.63, 3.8) is 0 Å². The fraction of sp³-hybridized carbons (Fsp3) is 0.909. The molecule has 0 spiro atoms. The summed E-state index contributed by atoms with van der Waals surface area (Å²) < 4.78 is 0. The van der Waals surface area contributed by atoms with Gasteiger partial charge < -0.3 is 5.11 Å². The molecule has 0 saturated carbocycles. The van der Waals surface area contributed by atoms with Gasteiger partial charge in [0.15, 0.2) is 0 Å². The first kappa shape index (κ1) is 12.6. The molecule has 0 aromatic rings. The highest BCUT2D eigenvalue weighted by molar-refractivity contribution is 5.77. The summed E-state index contributed by atoms with van der Waals surface area (Å²) in [6.07, 6.45) is 0.479. The topological polar surface area (TPSA) is 37.3 Å². The van der Waals surface area contributed by atoms with Crippen LogP contribution in [0.25, 0.3) is 0 Å². The van der Waals surface area contributed by atoms with E-state index in [2.05, 4.69) is 13.8 Å². The summed E-state index contributed by atoms with van der Waals surface area (Å²) in [4.78, 5) is 11.0. The molecule has 3 atom stereocenters. The molecule has 0 aliphatic heterocycles. The van der Waals surface area contributed by atoms with Gasteiger partial charge in [-0.3, -0.25) is 4.79 Å². The van der Waals surface area contributed by atoms with E-state index >= 15 is 0 Å². The van der Waals surface area contributed by atoms with E-state index in [0.717, 1.165) is 6.42 Å². The Morgan fingerprint density at radius 1 is 1.23 bits per heavy atom. The first-order chi connectivity index (χ1) is 5.86. The van der Waals surface area contributed by atoms with Crippen LogP contribution in [0.5, 0.6) is 0 Å². The molecule has 0 radical (unpaired) electrons. The third-order valence-electron chi connectivity index (χ3n) is 2.80. The molecule has 2 nitrogen and oxygen atoms in total. The number of aliphatic hydroxyl groups excluding tert-OH is 1. The fourth-order valence-corrected chi connectivity index (χ4v) is 1.60. The van der Waals surface area contributed by atoms with Crippen LogP contribution < -0.4 is 0 Å². The van der Waals surface area contributed by atoms with Crippen molar-refractivity contribution in [1.82, 2.24) is 0 Å². The van der Waals surface area contributed by atoms with Gasteiger partial charge in [0.2, 0.25) is 0 Å². The molecule has 0 bridgehead atoms. The fourth-order valence-electron chi connectivity index (χ4n) is 1.60. The number of carbonyl (C=O) groups is 1. The normalized spacial score (nSPS) is 18.4. The lowest BCUT2D eigenvalue weighted by Crippen LogP contribution is -2.26. The molecule has 0 aliphatic carbocycles. The minimum Gasteiger partial charge on any atom is -0.393 e. The van der Waals surface area contributed by atoms with Gasteiger partial charge in [0.1, 0.15) is 5.78 Å². The van der Waals surface area contributed by atoms with E-state index in [0.29, 0.717) is 5.92 Å². The van der Waals surface area contributed by atoms with Crippen molar-refractivity contribution in [2.45, 2.75) is 47.1 Å². The van der Waals surface area contributed by atoms with Crippen molar-refractivity contribution in [3.8, 4) is 0 Å². The lowest BCUT2D eigenvalue weighted by molar-refractivity contribution is -0.121. The maximum absolute atomic E-state index is 11.0. The van der Waals surface area contributed by atoms with Crippen molar-refractivity contribution in [1.29, 1.82) is 0 Å². The monoisotopic (exact) mass is 186 g/mol. The van der Waals surface area contributed by atoms with Crippen molar-refractivity contribution in [2.75, 3.05) is 0 Å². The Morgan fingerprint density at radius 3 is 1.92 bits per heavy atom. The highest BCUT2D eigenvalue weighted by Crippen LogP contribution is 2.24. The van der Waals surface area contributed by atoms with Crippen LogP contribution in [0.3, 0.4) is 0 Å². The van der Waals surface area contributed by atoms with Gasteiger partial charge in [-0.25, -0.2) is 0 Å². The lowest BCUT2D eigenvalue weighted by Gasteiger charge is -2.25.